The lowest BCUT2D eigenvalue weighted by Gasteiger charge is -2.31. The molecule has 0 aliphatic carbocycles. The van der Waals surface area contributed by atoms with Gasteiger partial charge in [-0.2, -0.15) is 5.26 Å². The van der Waals surface area contributed by atoms with Crippen molar-refractivity contribution in [2.75, 3.05) is 32.5 Å². The van der Waals surface area contributed by atoms with E-state index >= 15 is 0 Å². The van der Waals surface area contributed by atoms with Crippen LogP contribution in [0.4, 0.5) is 5.69 Å². The molecule has 0 amide bonds. The number of hydrogen-bond acceptors (Lipinski definition) is 7. The molecule has 2 rings (SSSR count). The molecule has 1 aromatic carbocycles. The van der Waals surface area contributed by atoms with Gasteiger partial charge in [-0.3, -0.25) is 0 Å². The topological polar surface area (TPSA) is 88.9 Å². The van der Waals surface area contributed by atoms with Crippen molar-refractivity contribution in [3.05, 3.63) is 39.5 Å². The van der Waals surface area contributed by atoms with Crippen molar-refractivity contribution in [1.29, 1.82) is 5.26 Å². The zero-order valence-corrected chi connectivity index (χ0v) is 14.0. The van der Waals surface area contributed by atoms with Gasteiger partial charge in [-0.05, 0) is 34.1 Å². The average molecular weight is 381 g/mol. The van der Waals surface area contributed by atoms with Gasteiger partial charge in [0.05, 0.1) is 32.0 Å². The standard InChI is InChI=1S/C15H13BrN2O5/c1-21-14(19)11-7-23-8-18(13(11)15(20)22-2)10-4-3-9(6-17)12(16)5-10/h3-5H,7-8H2,1-2H3. The molecular formula is C15H13BrN2O5. The van der Waals surface area contributed by atoms with Gasteiger partial charge in [0.15, 0.2) is 0 Å². The van der Waals surface area contributed by atoms with E-state index in [1.165, 1.54) is 19.1 Å². The molecule has 7 nitrogen and oxygen atoms in total. The number of nitriles is 1. The Morgan fingerprint density at radius 2 is 2.00 bits per heavy atom. The third kappa shape index (κ3) is 3.36. The predicted molar refractivity (Wildman–Crippen MR) is 83.2 cm³/mol. The highest BCUT2D eigenvalue weighted by Crippen LogP contribution is 2.30. The maximum absolute atomic E-state index is 12.1. The van der Waals surface area contributed by atoms with Crippen LogP contribution in [-0.2, 0) is 23.8 Å². The first-order chi connectivity index (χ1) is 11.0. The molecule has 0 saturated carbocycles. The Hall–Kier alpha value is -2.37. The van der Waals surface area contributed by atoms with Crippen LogP contribution in [0.15, 0.2) is 33.9 Å². The van der Waals surface area contributed by atoms with Crippen LogP contribution in [0.25, 0.3) is 0 Å². The SMILES string of the molecule is COC(=O)C1=C(C(=O)OC)N(c2ccc(C#N)c(Br)c2)COC1. The van der Waals surface area contributed by atoms with E-state index < -0.39 is 11.9 Å². The highest BCUT2D eigenvalue weighted by molar-refractivity contribution is 9.10. The number of carbonyl (C=O) groups excluding carboxylic acids is 2. The number of esters is 2. The molecule has 23 heavy (non-hydrogen) atoms. The normalized spacial score (nSPS) is 14.3. The lowest BCUT2D eigenvalue weighted by Crippen LogP contribution is -2.38. The molecular weight excluding hydrogens is 368 g/mol. The quantitative estimate of drug-likeness (QED) is 0.737. The van der Waals surface area contributed by atoms with Crippen LogP contribution < -0.4 is 4.90 Å². The molecule has 0 N–H and O–H groups in total. The van der Waals surface area contributed by atoms with E-state index in [9.17, 15) is 9.59 Å². The minimum absolute atomic E-state index is 0.0505. The molecule has 1 aliphatic rings. The van der Waals surface area contributed by atoms with Crippen LogP contribution in [0.5, 0.6) is 0 Å². The van der Waals surface area contributed by atoms with E-state index in [1.807, 2.05) is 6.07 Å². The monoisotopic (exact) mass is 380 g/mol. The Morgan fingerprint density at radius 3 is 2.57 bits per heavy atom. The van der Waals surface area contributed by atoms with Gasteiger partial charge in [-0.25, -0.2) is 9.59 Å². The fourth-order valence-electron chi connectivity index (χ4n) is 2.11. The molecule has 0 spiro atoms. The maximum atomic E-state index is 12.1. The van der Waals surface area contributed by atoms with Gasteiger partial charge in [0, 0.05) is 10.2 Å². The van der Waals surface area contributed by atoms with Crippen molar-refractivity contribution in [3.8, 4) is 6.07 Å². The van der Waals surface area contributed by atoms with Gasteiger partial charge < -0.3 is 19.1 Å². The van der Waals surface area contributed by atoms with Crippen LogP contribution in [0.3, 0.4) is 0 Å². The van der Waals surface area contributed by atoms with Gasteiger partial charge in [-0.15, -0.1) is 0 Å². The zero-order valence-electron chi connectivity index (χ0n) is 12.5. The second-order valence-electron chi connectivity index (χ2n) is 4.49. The summed E-state index contributed by atoms with van der Waals surface area (Å²) in [6.45, 7) is 0.00826. The van der Waals surface area contributed by atoms with Crippen molar-refractivity contribution >= 4 is 33.6 Å². The molecule has 0 bridgehead atoms. The molecule has 0 atom stereocenters. The second kappa shape index (κ2) is 7.26. The summed E-state index contributed by atoms with van der Waals surface area (Å²) in [5.74, 6) is -1.34. The predicted octanol–water partition coefficient (Wildman–Crippen LogP) is 1.71. The summed E-state index contributed by atoms with van der Waals surface area (Å²) >= 11 is 3.29. The third-order valence-corrected chi connectivity index (χ3v) is 3.87. The lowest BCUT2D eigenvalue weighted by atomic mass is 10.1. The molecule has 120 valence electrons. The summed E-state index contributed by atoms with van der Waals surface area (Å²) in [7, 11) is 2.45. The molecule has 0 radical (unpaired) electrons. The van der Waals surface area contributed by atoms with Gasteiger partial charge in [0.1, 0.15) is 18.5 Å². The molecule has 0 aromatic heterocycles. The Labute approximate surface area is 141 Å². The molecule has 1 heterocycles. The summed E-state index contributed by atoms with van der Waals surface area (Å²) in [5.41, 5.74) is 1.15. The highest BCUT2D eigenvalue weighted by Gasteiger charge is 2.32. The Kier molecular flexibility index (Phi) is 5.36. The molecule has 8 heteroatoms. The van der Waals surface area contributed by atoms with Crippen LogP contribution in [0, 0.1) is 11.3 Å². The smallest absolute Gasteiger partial charge is 0.355 e. The van der Waals surface area contributed by atoms with Crippen molar-refractivity contribution < 1.29 is 23.8 Å². The van der Waals surface area contributed by atoms with E-state index in [4.69, 9.17) is 19.5 Å². The Bertz CT molecular complexity index is 723. The molecule has 0 fully saturated rings. The van der Waals surface area contributed by atoms with E-state index in [2.05, 4.69) is 15.9 Å². The maximum Gasteiger partial charge on any atom is 0.355 e. The fourth-order valence-corrected chi connectivity index (χ4v) is 2.57. The number of carbonyl (C=O) groups is 2. The van der Waals surface area contributed by atoms with Crippen molar-refractivity contribution in [3.63, 3.8) is 0 Å². The van der Waals surface area contributed by atoms with E-state index in [0.29, 0.717) is 15.7 Å². The number of hydrogen-bond donors (Lipinski definition) is 0. The number of rotatable bonds is 3. The van der Waals surface area contributed by atoms with Gasteiger partial charge in [0.25, 0.3) is 0 Å². The van der Waals surface area contributed by atoms with E-state index in [1.54, 1.807) is 18.2 Å². The van der Waals surface area contributed by atoms with Crippen LogP contribution in [0.2, 0.25) is 0 Å². The largest absolute Gasteiger partial charge is 0.466 e. The Morgan fingerprint density at radius 1 is 1.30 bits per heavy atom. The molecule has 1 aliphatic heterocycles. The third-order valence-electron chi connectivity index (χ3n) is 3.22. The van der Waals surface area contributed by atoms with Gasteiger partial charge >= 0.3 is 11.9 Å². The van der Waals surface area contributed by atoms with Crippen LogP contribution in [-0.4, -0.2) is 39.5 Å². The fraction of sp³-hybridized carbons (Fsp3) is 0.267. The average Bonchev–Trinajstić information content (AvgIpc) is 2.59. The zero-order chi connectivity index (χ0) is 17.0. The molecule has 1 aromatic rings. The molecule has 0 unspecified atom stereocenters. The van der Waals surface area contributed by atoms with Gasteiger partial charge in [0.2, 0.25) is 0 Å². The lowest BCUT2D eigenvalue weighted by molar-refractivity contribution is -0.140. The summed E-state index contributed by atoms with van der Waals surface area (Å²) in [5, 5.41) is 8.98. The van der Waals surface area contributed by atoms with Crippen LogP contribution in [0.1, 0.15) is 5.56 Å². The number of nitrogens with zero attached hydrogens (tertiary/aromatic N) is 2. The number of anilines is 1. The highest BCUT2D eigenvalue weighted by atomic mass is 79.9. The second-order valence-corrected chi connectivity index (χ2v) is 5.35. The number of halogens is 1. The van der Waals surface area contributed by atoms with Crippen LogP contribution >= 0.6 is 15.9 Å². The molecule has 0 saturated heterocycles. The van der Waals surface area contributed by atoms with Crippen molar-refractivity contribution in [2.45, 2.75) is 0 Å². The Balaban J connectivity index is 2.55. The summed E-state index contributed by atoms with van der Waals surface area (Å²) in [6, 6.07) is 6.94. The van der Waals surface area contributed by atoms with E-state index in [0.717, 1.165) is 0 Å². The minimum atomic E-state index is -0.672. The number of ether oxygens (including phenoxy) is 3. The number of methoxy groups -OCH3 is 2. The van der Waals surface area contributed by atoms with Gasteiger partial charge in [-0.1, -0.05) is 0 Å². The summed E-state index contributed by atoms with van der Waals surface area (Å²) in [4.78, 5) is 25.5. The summed E-state index contributed by atoms with van der Waals surface area (Å²) in [6.07, 6.45) is 0. The first-order valence-electron chi connectivity index (χ1n) is 6.48. The minimum Gasteiger partial charge on any atom is -0.466 e. The first-order valence-corrected chi connectivity index (χ1v) is 7.27. The summed E-state index contributed by atoms with van der Waals surface area (Å²) < 4.78 is 15.4. The number of benzene rings is 1. The van der Waals surface area contributed by atoms with E-state index in [-0.39, 0.29) is 24.6 Å². The first kappa shape index (κ1) is 17.0. The van der Waals surface area contributed by atoms with Crippen molar-refractivity contribution in [1.82, 2.24) is 0 Å². The van der Waals surface area contributed by atoms with Crippen molar-refractivity contribution in [2.24, 2.45) is 0 Å².